The molecule has 0 unspecified atom stereocenters. The average Bonchev–Trinajstić information content (AvgIpc) is 2.64. The Bertz CT molecular complexity index is 798. The predicted octanol–water partition coefficient (Wildman–Crippen LogP) is 14.2. The lowest BCUT2D eigenvalue weighted by Gasteiger charge is -2.57. The molecule has 0 amide bonds. The van der Waals surface area contributed by atoms with E-state index in [1.807, 2.05) is 0 Å². The summed E-state index contributed by atoms with van der Waals surface area (Å²) in [5.41, 5.74) is 5.50. The molecule has 0 spiro atoms. The fraction of sp³-hybridized carbons (Fsp3) is 1.00. The van der Waals surface area contributed by atoms with Gasteiger partial charge in [-0.05, 0) is 0 Å². The summed E-state index contributed by atoms with van der Waals surface area (Å²) >= 11 is 154. The highest BCUT2D eigenvalue weighted by Gasteiger charge is 2.85. The number of alkyl halides is 25. The van der Waals surface area contributed by atoms with Crippen LogP contribution < -0.4 is 5.73 Å². The minimum Gasteiger partial charge on any atom is -0.298 e. The lowest BCUT2D eigenvalue weighted by atomic mass is 9.99. The third-order valence-corrected chi connectivity index (χ3v) is 21.6. The van der Waals surface area contributed by atoms with Crippen molar-refractivity contribution in [2.24, 2.45) is 5.73 Å². The molecule has 0 aliphatic carbocycles. The third-order valence-electron chi connectivity index (χ3n) is 4.32. The van der Waals surface area contributed by atoms with Gasteiger partial charge in [0.2, 0.25) is 12.6 Å². The van der Waals surface area contributed by atoms with E-state index in [4.69, 9.17) is 296 Å². The van der Waals surface area contributed by atoms with E-state index in [2.05, 4.69) is 0 Å². The number of hydrogen-bond acceptors (Lipinski definition) is 1. The Labute approximate surface area is 342 Å². The van der Waals surface area contributed by atoms with Crippen LogP contribution in [0.4, 0.5) is 0 Å². The van der Waals surface area contributed by atoms with Crippen LogP contribution in [0.5, 0.6) is 0 Å². The smallest absolute Gasteiger partial charge is 0.226 e. The van der Waals surface area contributed by atoms with Gasteiger partial charge in [0.25, 0.3) is 0 Å². The molecule has 0 aromatic rings. The summed E-state index contributed by atoms with van der Waals surface area (Å²) < 4.78 is -37.6. The van der Waals surface area contributed by atoms with Gasteiger partial charge in [-0.1, -0.05) is 290 Å². The molecule has 230 valence electrons. The zero-order valence-corrected chi connectivity index (χ0v) is 34.9. The van der Waals surface area contributed by atoms with Crippen molar-refractivity contribution in [3.63, 3.8) is 0 Å². The molecular weight excluding hydrogens is 1040 g/mol. The van der Waals surface area contributed by atoms with Gasteiger partial charge in [0.1, 0.15) is 0 Å². The van der Waals surface area contributed by atoms with Gasteiger partial charge in [-0.15, -0.1) is 0 Å². The molecule has 26 heteroatoms. The first-order chi connectivity index (χ1) is 15.8. The molecule has 0 saturated heterocycles. The van der Waals surface area contributed by atoms with E-state index in [9.17, 15) is 0 Å². The Morgan fingerprint density at radius 3 is 0.474 bits per heavy atom. The van der Waals surface area contributed by atoms with Gasteiger partial charge in [0.05, 0.1) is 0 Å². The number of hydrogen-bond donors (Lipinski definition) is 1. The molecular formula is C12H2Cl25N. The van der Waals surface area contributed by atoms with Crippen molar-refractivity contribution < 1.29 is 0 Å². The van der Waals surface area contributed by atoms with Crippen LogP contribution in [0, 0.1) is 0 Å². The highest BCUT2D eigenvalue weighted by molar-refractivity contribution is 6.84. The van der Waals surface area contributed by atoms with E-state index in [1.54, 1.807) is 0 Å². The monoisotopic (exact) mass is 1030 g/mol. The second kappa shape index (κ2) is 13.2. The summed E-state index contributed by atoms with van der Waals surface area (Å²) in [6, 6.07) is 0. The van der Waals surface area contributed by atoms with E-state index >= 15 is 0 Å². The fourth-order valence-corrected chi connectivity index (χ4v) is 9.82. The van der Waals surface area contributed by atoms with Crippen LogP contribution in [0.1, 0.15) is 0 Å². The van der Waals surface area contributed by atoms with Gasteiger partial charge >= 0.3 is 0 Å². The molecule has 38 heavy (non-hydrogen) atoms. The molecule has 1 nitrogen and oxygen atoms in total. The Kier molecular flexibility index (Phi) is 15.7. The molecule has 0 atom stereocenters. The SMILES string of the molecule is NC(Cl)(Cl)C(Cl)(Cl)C(Cl)(Cl)C(Cl)(Cl)C(Cl)(Cl)C(Cl)(Cl)C(Cl)(Cl)C(Cl)(Cl)C(Cl)(Cl)C(Cl)(Cl)C(Cl)(Cl)C(Cl)(Cl)Cl. The first-order valence-corrected chi connectivity index (χ1v) is 17.2. The van der Waals surface area contributed by atoms with Crippen LogP contribution in [0.15, 0.2) is 0 Å². The molecule has 0 aliphatic heterocycles. The van der Waals surface area contributed by atoms with Crippen molar-refractivity contribution in [1.82, 2.24) is 0 Å². The second-order valence-electron chi connectivity index (χ2n) is 6.86. The largest absolute Gasteiger partial charge is 0.298 e. The van der Waals surface area contributed by atoms with Crippen LogP contribution in [-0.4, -0.2) is 51.6 Å². The Balaban J connectivity index is 7.29. The van der Waals surface area contributed by atoms with Gasteiger partial charge in [-0.25, -0.2) is 0 Å². The standard InChI is InChI=1S/C12H2Cl25N/c13-1(14,3(17,18)5(21,22)7(25,26)9(29,30)11(33,34)35)2(15,16)4(19,20)6(23,24)8(27,28)10(31,32)12(36,37)38/h38H2. The molecule has 0 aliphatic rings. The first-order valence-electron chi connectivity index (χ1n) is 7.76. The van der Waals surface area contributed by atoms with Gasteiger partial charge in [-0.3, -0.25) is 5.73 Å². The van der Waals surface area contributed by atoms with Crippen LogP contribution in [0.25, 0.3) is 0 Å². The van der Waals surface area contributed by atoms with Crippen molar-refractivity contribution >= 4 is 290 Å². The molecule has 2 N–H and O–H groups in total. The predicted molar refractivity (Wildman–Crippen MR) is 183 cm³/mol. The van der Waals surface area contributed by atoms with Crippen LogP contribution in [0.3, 0.4) is 0 Å². The first kappa shape index (κ1) is 45.2. The molecule has 0 fully saturated rings. The van der Waals surface area contributed by atoms with E-state index in [1.165, 1.54) is 0 Å². The summed E-state index contributed by atoms with van der Waals surface area (Å²) in [7, 11) is 0. The second-order valence-corrected chi connectivity index (χ2v) is 23.8. The minimum absolute atomic E-state index is 2.72. The van der Waals surface area contributed by atoms with Crippen LogP contribution in [0.2, 0.25) is 0 Å². The number of nitrogens with two attached hydrogens (primary N) is 1. The normalized spacial score (nSPS) is 17.2. The quantitative estimate of drug-likeness (QED) is 0.171. The highest BCUT2D eigenvalue weighted by Crippen LogP contribution is 2.75. The van der Waals surface area contributed by atoms with Gasteiger partial charge in [0.15, 0.2) is 39.0 Å². The summed E-state index contributed by atoms with van der Waals surface area (Å²) in [5, 5.41) is 0. The molecule has 0 aromatic carbocycles. The maximum Gasteiger partial charge on any atom is 0.226 e. The maximum atomic E-state index is 6.37. The van der Waals surface area contributed by atoms with Crippen molar-refractivity contribution in [2.45, 2.75) is 51.6 Å². The summed E-state index contributed by atoms with van der Waals surface area (Å²) in [6.07, 6.45) is 0. The zero-order chi connectivity index (χ0) is 32.0. The summed E-state index contributed by atoms with van der Waals surface area (Å²) in [5.74, 6) is 0. The Hall–Kier alpha value is 7.21. The van der Waals surface area contributed by atoms with Crippen molar-refractivity contribution in [3.05, 3.63) is 0 Å². The fourth-order valence-electron chi connectivity index (χ4n) is 1.96. The van der Waals surface area contributed by atoms with Crippen molar-refractivity contribution in [1.29, 1.82) is 0 Å². The lowest BCUT2D eigenvalue weighted by molar-refractivity contribution is 0.413. The van der Waals surface area contributed by atoms with Crippen molar-refractivity contribution in [2.75, 3.05) is 0 Å². The van der Waals surface area contributed by atoms with Gasteiger partial charge in [-0.2, -0.15) is 0 Å². The van der Waals surface area contributed by atoms with E-state index in [0.29, 0.717) is 0 Å². The lowest BCUT2D eigenvalue weighted by Crippen LogP contribution is -2.74. The zero-order valence-electron chi connectivity index (χ0n) is 16.0. The van der Waals surface area contributed by atoms with E-state index in [-0.39, 0.29) is 0 Å². The van der Waals surface area contributed by atoms with Crippen LogP contribution in [-0.2, 0) is 0 Å². The van der Waals surface area contributed by atoms with E-state index in [0.717, 1.165) is 0 Å². The molecule has 0 heterocycles. The maximum absolute atomic E-state index is 6.37. The molecule has 0 saturated carbocycles. The van der Waals surface area contributed by atoms with Crippen molar-refractivity contribution in [3.8, 4) is 0 Å². The molecule has 0 aromatic heterocycles. The van der Waals surface area contributed by atoms with Gasteiger partial charge in [0, 0.05) is 0 Å². The molecule has 0 bridgehead atoms. The number of rotatable bonds is 10. The Morgan fingerprint density at radius 1 is 0.211 bits per heavy atom. The highest BCUT2D eigenvalue weighted by atomic mass is 35.6. The topological polar surface area (TPSA) is 26.0 Å². The van der Waals surface area contributed by atoms with Crippen LogP contribution >= 0.6 is 290 Å². The Morgan fingerprint density at radius 2 is 0.342 bits per heavy atom. The minimum atomic E-state index is -3.37. The molecule has 0 radical (unpaired) electrons. The summed E-state index contributed by atoms with van der Waals surface area (Å²) in [4.78, 5) is 0. The average molecular weight is 1050 g/mol. The van der Waals surface area contributed by atoms with E-state index < -0.39 is 51.6 Å². The van der Waals surface area contributed by atoms with Gasteiger partial charge < -0.3 is 0 Å². The third kappa shape index (κ3) is 6.82. The molecule has 0 rings (SSSR count). The summed E-state index contributed by atoms with van der Waals surface area (Å²) in [6.45, 7) is 0. The number of halogens is 25.